The lowest BCUT2D eigenvalue weighted by molar-refractivity contribution is -0.117. The van der Waals surface area contributed by atoms with Gasteiger partial charge in [-0.2, -0.15) is 0 Å². The van der Waals surface area contributed by atoms with Crippen LogP contribution in [0.1, 0.15) is 37.9 Å². The Morgan fingerprint density at radius 1 is 1.36 bits per heavy atom. The smallest absolute Gasteiger partial charge is 0.260 e. The van der Waals surface area contributed by atoms with Gasteiger partial charge in [-0.05, 0) is 24.8 Å². The number of rotatable bonds is 4. The molecule has 4 saturated heterocycles. The van der Waals surface area contributed by atoms with Gasteiger partial charge in [0, 0.05) is 18.6 Å². The number of ether oxygens (including phenoxy) is 2. The molecule has 0 spiro atoms. The molecule has 4 heterocycles. The van der Waals surface area contributed by atoms with Crippen LogP contribution in [0.4, 0.5) is 0 Å². The summed E-state index contributed by atoms with van der Waals surface area (Å²) in [5, 5.41) is 0. The summed E-state index contributed by atoms with van der Waals surface area (Å²) < 4.78 is 27.3. The molecule has 2 radical (unpaired) electrons. The summed E-state index contributed by atoms with van der Waals surface area (Å²) in [6, 6.07) is 10.5. The molecule has 0 aliphatic carbocycles. The summed E-state index contributed by atoms with van der Waals surface area (Å²) in [6.07, 6.45) is 2.93. The van der Waals surface area contributed by atoms with Crippen LogP contribution in [0.25, 0.3) is 0 Å². The van der Waals surface area contributed by atoms with Crippen LogP contribution in [-0.2, 0) is 18.5 Å². The first kappa shape index (κ1) is 16.7. The van der Waals surface area contributed by atoms with Crippen molar-refractivity contribution >= 4 is 16.4 Å². The van der Waals surface area contributed by atoms with Gasteiger partial charge in [0.25, 0.3) is 8.53 Å². The topological polar surface area (TPSA) is 40.2 Å². The lowest BCUT2D eigenvalue weighted by atomic mass is 9.91. The summed E-state index contributed by atoms with van der Waals surface area (Å²) in [7, 11) is 4.98. The van der Waals surface area contributed by atoms with E-state index in [-0.39, 0.29) is 18.3 Å². The van der Waals surface area contributed by atoms with Crippen LogP contribution in [0.2, 0.25) is 0 Å². The number of hydrogen-bond donors (Lipinski definition) is 0. The van der Waals surface area contributed by atoms with E-state index in [0.29, 0.717) is 12.6 Å². The van der Waals surface area contributed by atoms with E-state index in [1.54, 1.807) is 0 Å². The highest BCUT2D eigenvalue weighted by Gasteiger charge is 2.61. The molecule has 0 N–H and O–H groups in total. The molecule has 7 atom stereocenters. The Kier molecular flexibility index (Phi) is 4.20. The van der Waals surface area contributed by atoms with E-state index in [1.807, 2.05) is 6.07 Å². The van der Waals surface area contributed by atoms with Gasteiger partial charge in [-0.3, -0.25) is 0 Å². The van der Waals surface area contributed by atoms with Crippen molar-refractivity contribution in [2.75, 3.05) is 13.2 Å². The van der Waals surface area contributed by atoms with Gasteiger partial charge in [0.2, 0.25) is 0 Å². The molecule has 7 heteroatoms. The fourth-order valence-corrected chi connectivity index (χ4v) is 6.62. The lowest BCUT2D eigenvalue weighted by Crippen LogP contribution is -2.41. The van der Waals surface area contributed by atoms with Crippen LogP contribution in [0.15, 0.2) is 30.3 Å². The molecule has 1 aromatic carbocycles. The third kappa shape index (κ3) is 2.54. The predicted octanol–water partition coefficient (Wildman–Crippen LogP) is 2.91. The first-order valence-corrected chi connectivity index (χ1v) is 10.3. The van der Waals surface area contributed by atoms with Gasteiger partial charge in [0.05, 0.1) is 6.61 Å². The van der Waals surface area contributed by atoms with Gasteiger partial charge < -0.3 is 18.5 Å². The molecule has 1 aromatic rings. The second-order valence-electron chi connectivity index (χ2n) is 7.35. The van der Waals surface area contributed by atoms with E-state index in [0.717, 1.165) is 19.4 Å². The molecule has 0 amide bonds. The molecule has 4 aliphatic rings. The van der Waals surface area contributed by atoms with Gasteiger partial charge in [-0.1, -0.05) is 37.3 Å². The second-order valence-corrected chi connectivity index (χ2v) is 8.76. The SMILES string of the molecule is [B][C@@H]1O[C@@]2(CC)CO[C@H]1C2OP1OC(c2ccccc2)C2CCCN21. The Hall–Kier alpha value is -0.485. The molecule has 25 heavy (non-hydrogen) atoms. The monoisotopic (exact) mass is 359 g/mol. The Labute approximate surface area is 151 Å². The molecule has 0 saturated carbocycles. The first-order valence-electron chi connectivity index (χ1n) is 9.22. The van der Waals surface area contributed by atoms with Crippen molar-refractivity contribution in [2.45, 2.75) is 62.1 Å². The molecule has 5 rings (SSSR count). The summed E-state index contributed by atoms with van der Waals surface area (Å²) >= 11 is 0. The number of benzene rings is 1. The Balaban J connectivity index is 1.38. The van der Waals surface area contributed by atoms with Gasteiger partial charge in [-0.15, -0.1) is 0 Å². The second kappa shape index (κ2) is 6.30. The molecule has 2 bridgehead atoms. The van der Waals surface area contributed by atoms with Crippen LogP contribution >= 0.6 is 8.53 Å². The molecule has 5 nitrogen and oxygen atoms in total. The highest BCUT2D eigenvalue weighted by molar-refractivity contribution is 7.45. The summed E-state index contributed by atoms with van der Waals surface area (Å²) in [5.41, 5.74) is 0.812. The van der Waals surface area contributed by atoms with Gasteiger partial charge in [0.15, 0.2) is 0 Å². The van der Waals surface area contributed by atoms with E-state index >= 15 is 0 Å². The Morgan fingerprint density at radius 2 is 2.20 bits per heavy atom. The average molecular weight is 359 g/mol. The Morgan fingerprint density at radius 3 is 2.96 bits per heavy atom. The van der Waals surface area contributed by atoms with Crippen LogP contribution in [0.5, 0.6) is 0 Å². The van der Waals surface area contributed by atoms with Crippen molar-refractivity contribution < 1.29 is 18.5 Å². The minimum atomic E-state index is -1.11. The molecule has 132 valence electrons. The number of hydrogen-bond acceptors (Lipinski definition) is 5. The molecular formula is C18H23BNO4P. The van der Waals surface area contributed by atoms with Crippen LogP contribution in [0, 0.1) is 0 Å². The minimum Gasteiger partial charge on any atom is -0.374 e. The van der Waals surface area contributed by atoms with E-state index in [9.17, 15) is 0 Å². The lowest BCUT2D eigenvalue weighted by Gasteiger charge is -2.31. The van der Waals surface area contributed by atoms with Crippen LogP contribution in [0.3, 0.4) is 0 Å². The van der Waals surface area contributed by atoms with E-state index in [2.05, 4.69) is 35.9 Å². The van der Waals surface area contributed by atoms with Crippen molar-refractivity contribution in [3.63, 3.8) is 0 Å². The van der Waals surface area contributed by atoms with Crippen LogP contribution in [-0.4, -0.2) is 55.5 Å². The van der Waals surface area contributed by atoms with E-state index in [4.69, 9.17) is 26.4 Å². The van der Waals surface area contributed by atoms with Gasteiger partial charge in [-0.25, -0.2) is 4.67 Å². The summed E-state index contributed by atoms with van der Waals surface area (Å²) in [4.78, 5) is 0. The zero-order chi connectivity index (χ0) is 17.0. The van der Waals surface area contributed by atoms with Crippen molar-refractivity contribution in [2.24, 2.45) is 0 Å². The Bertz CT molecular complexity index is 637. The molecule has 4 aliphatic heterocycles. The molecular weight excluding hydrogens is 336 g/mol. The third-order valence-corrected chi connectivity index (χ3v) is 7.73. The average Bonchev–Trinajstić information content (AvgIpc) is 3.37. The zero-order valence-electron chi connectivity index (χ0n) is 14.4. The molecule has 0 aromatic heterocycles. The zero-order valence-corrected chi connectivity index (χ0v) is 15.3. The predicted molar refractivity (Wildman–Crippen MR) is 95.2 cm³/mol. The highest BCUT2D eigenvalue weighted by atomic mass is 31.2. The van der Waals surface area contributed by atoms with Crippen molar-refractivity contribution in [1.82, 2.24) is 4.67 Å². The van der Waals surface area contributed by atoms with E-state index in [1.165, 1.54) is 12.0 Å². The maximum Gasteiger partial charge on any atom is 0.260 e. The number of fused-ring (bicyclic) bond motifs is 3. The van der Waals surface area contributed by atoms with Gasteiger partial charge >= 0.3 is 0 Å². The first-order chi connectivity index (χ1) is 12.2. The van der Waals surface area contributed by atoms with Crippen molar-refractivity contribution in [3.05, 3.63) is 35.9 Å². The quantitative estimate of drug-likeness (QED) is 0.611. The summed E-state index contributed by atoms with van der Waals surface area (Å²) in [5.74, 6) is 0. The highest BCUT2D eigenvalue weighted by Crippen LogP contribution is 2.62. The maximum atomic E-state index is 6.53. The van der Waals surface area contributed by atoms with Crippen molar-refractivity contribution in [1.29, 1.82) is 0 Å². The van der Waals surface area contributed by atoms with Gasteiger partial charge in [0.1, 0.15) is 31.8 Å². The minimum absolute atomic E-state index is 0.0851. The largest absolute Gasteiger partial charge is 0.374 e. The fraction of sp³-hybridized carbons (Fsp3) is 0.667. The standard InChI is InChI=1S/C18H23BNO4P/c1-2-18-11-21-15(17(19)22-18)16(18)24-25-20-10-6-9-13(20)14(23-25)12-7-4-3-5-8-12/h3-5,7-8,13-17H,2,6,9-11H2,1H3/t13?,14?,15-,16?,17+,18-,25?/m0/s1. The number of nitrogens with zero attached hydrogens (tertiary/aromatic N) is 1. The van der Waals surface area contributed by atoms with Crippen LogP contribution < -0.4 is 0 Å². The normalized spacial score (nSPS) is 46.0. The van der Waals surface area contributed by atoms with E-state index < -0.39 is 20.1 Å². The van der Waals surface area contributed by atoms with Crippen molar-refractivity contribution in [3.8, 4) is 0 Å². The molecule has 4 fully saturated rings. The molecule has 4 unspecified atom stereocenters. The summed E-state index contributed by atoms with van der Waals surface area (Å²) in [6.45, 7) is 3.69. The maximum absolute atomic E-state index is 6.53. The fourth-order valence-electron chi connectivity index (χ4n) is 4.58. The third-order valence-electron chi connectivity index (χ3n) is 5.99.